The van der Waals surface area contributed by atoms with Gasteiger partial charge in [-0.25, -0.2) is 13.4 Å². The summed E-state index contributed by atoms with van der Waals surface area (Å²) in [6, 6.07) is 4.68. The Morgan fingerprint density at radius 2 is 1.86 bits per heavy atom. The van der Waals surface area contributed by atoms with E-state index in [1.54, 1.807) is 19.9 Å². The Labute approximate surface area is 180 Å². The molecule has 0 bridgehead atoms. The van der Waals surface area contributed by atoms with E-state index in [2.05, 4.69) is 25.9 Å². The van der Waals surface area contributed by atoms with Gasteiger partial charge in [0.2, 0.25) is 10.0 Å². The lowest BCUT2D eigenvalue weighted by molar-refractivity contribution is 0.318. The first-order valence-electron chi connectivity index (χ1n) is 9.74. The molecule has 0 aliphatic rings. The van der Waals surface area contributed by atoms with Crippen molar-refractivity contribution in [1.29, 1.82) is 0 Å². The van der Waals surface area contributed by atoms with Gasteiger partial charge in [-0.15, -0.1) is 0 Å². The number of ether oxygens (including phenoxy) is 1. The molecule has 0 unspecified atom stereocenters. The number of rotatable bonds is 9. The van der Waals surface area contributed by atoms with Crippen LogP contribution in [0, 0.1) is 0 Å². The average molecular weight is 486 g/mol. The van der Waals surface area contributed by atoms with Gasteiger partial charge in [0.15, 0.2) is 0 Å². The molecule has 160 valence electrons. The van der Waals surface area contributed by atoms with Crippen LogP contribution < -0.4 is 10.3 Å². The number of sulfonamides is 1. The zero-order valence-electron chi connectivity index (χ0n) is 17.5. The summed E-state index contributed by atoms with van der Waals surface area (Å²) in [5.74, 6) is 0.767. The molecule has 0 amide bonds. The first-order chi connectivity index (χ1) is 13.7. The van der Waals surface area contributed by atoms with Crippen molar-refractivity contribution in [2.75, 3.05) is 19.7 Å². The summed E-state index contributed by atoms with van der Waals surface area (Å²) in [4.78, 5) is 19.9. The van der Waals surface area contributed by atoms with Crippen molar-refractivity contribution in [3.8, 4) is 17.1 Å². The molecule has 1 aromatic heterocycles. The van der Waals surface area contributed by atoms with E-state index in [9.17, 15) is 13.2 Å². The fourth-order valence-electron chi connectivity index (χ4n) is 2.89. The highest BCUT2D eigenvalue weighted by Crippen LogP contribution is 2.32. The lowest BCUT2D eigenvalue weighted by Crippen LogP contribution is -2.30. The predicted octanol–water partition coefficient (Wildman–Crippen LogP) is 4.14. The molecule has 0 radical (unpaired) electrons. The maximum absolute atomic E-state index is 13.0. The number of hydrogen-bond acceptors (Lipinski definition) is 5. The molecular formula is C20H28BrN3O4S. The van der Waals surface area contributed by atoms with Gasteiger partial charge in [0, 0.05) is 13.1 Å². The maximum atomic E-state index is 13.0. The van der Waals surface area contributed by atoms with Gasteiger partial charge in [-0.2, -0.15) is 4.31 Å². The van der Waals surface area contributed by atoms with Crippen LogP contribution in [0.1, 0.15) is 52.7 Å². The van der Waals surface area contributed by atoms with E-state index >= 15 is 0 Å². The second kappa shape index (κ2) is 9.86. The number of benzene rings is 1. The summed E-state index contributed by atoms with van der Waals surface area (Å²) in [7, 11) is -3.66. The van der Waals surface area contributed by atoms with E-state index in [1.807, 2.05) is 20.8 Å². The number of H-pyrrole nitrogens is 1. The zero-order valence-corrected chi connectivity index (χ0v) is 19.9. The number of nitrogens with one attached hydrogen (secondary N) is 1. The molecule has 2 aromatic rings. The molecular weight excluding hydrogens is 458 g/mol. The summed E-state index contributed by atoms with van der Waals surface area (Å²) in [5, 5.41) is 0. The van der Waals surface area contributed by atoms with Gasteiger partial charge < -0.3 is 9.72 Å². The zero-order chi connectivity index (χ0) is 21.8. The van der Waals surface area contributed by atoms with Crippen LogP contribution in [0.5, 0.6) is 5.75 Å². The summed E-state index contributed by atoms with van der Waals surface area (Å²) in [5.41, 5.74) is 0.720. The highest BCUT2D eigenvalue weighted by molar-refractivity contribution is 9.10. The highest BCUT2D eigenvalue weighted by Gasteiger charge is 2.24. The van der Waals surface area contributed by atoms with Gasteiger partial charge in [-0.1, -0.05) is 34.6 Å². The molecule has 0 saturated carbocycles. The van der Waals surface area contributed by atoms with Gasteiger partial charge in [-0.3, -0.25) is 4.79 Å². The molecule has 7 nitrogen and oxygen atoms in total. The molecule has 0 saturated heterocycles. The third-order valence-electron chi connectivity index (χ3n) is 4.45. The van der Waals surface area contributed by atoms with E-state index in [-0.39, 0.29) is 22.2 Å². The van der Waals surface area contributed by atoms with Crippen molar-refractivity contribution in [2.45, 2.75) is 51.9 Å². The van der Waals surface area contributed by atoms with Crippen LogP contribution in [0.2, 0.25) is 0 Å². The van der Waals surface area contributed by atoms with E-state index in [1.165, 1.54) is 16.4 Å². The third-order valence-corrected chi connectivity index (χ3v) is 7.26. The first kappa shape index (κ1) is 23.6. The fourth-order valence-corrected chi connectivity index (χ4v) is 5.02. The van der Waals surface area contributed by atoms with Crippen LogP contribution in [0.3, 0.4) is 0 Å². The summed E-state index contributed by atoms with van der Waals surface area (Å²) < 4.78 is 33.5. The molecule has 9 heteroatoms. The van der Waals surface area contributed by atoms with E-state index in [0.29, 0.717) is 41.2 Å². The standard InChI is InChI=1S/C20H28BrN3O4S/c1-6-11-28-16-10-9-14(29(26,27)24(7-2)8-3)12-15(16)19-22-18(13(4)5)17(21)20(25)23-19/h9-10,12-13H,6-8,11H2,1-5H3,(H,22,23,25). The van der Waals surface area contributed by atoms with Crippen molar-refractivity contribution in [2.24, 2.45) is 0 Å². The van der Waals surface area contributed by atoms with Crippen molar-refractivity contribution < 1.29 is 13.2 Å². The molecule has 1 N–H and O–H groups in total. The fraction of sp³-hybridized carbons (Fsp3) is 0.500. The Morgan fingerprint density at radius 3 is 2.41 bits per heavy atom. The van der Waals surface area contributed by atoms with Crippen LogP contribution in [0.4, 0.5) is 0 Å². The smallest absolute Gasteiger partial charge is 0.265 e. The van der Waals surface area contributed by atoms with Crippen LogP contribution in [-0.4, -0.2) is 42.4 Å². The third kappa shape index (κ3) is 5.07. The molecule has 29 heavy (non-hydrogen) atoms. The number of aromatic amines is 1. The van der Waals surface area contributed by atoms with Crippen LogP contribution in [-0.2, 0) is 10.0 Å². The number of aromatic nitrogens is 2. The quantitative estimate of drug-likeness (QED) is 0.575. The van der Waals surface area contributed by atoms with E-state index < -0.39 is 10.0 Å². The van der Waals surface area contributed by atoms with Crippen LogP contribution in [0.25, 0.3) is 11.4 Å². The van der Waals surface area contributed by atoms with Gasteiger partial charge in [0.05, 0.1) is 22.8 Å². The minimum Gasteiger partial charge on any atom is -0.493 e. The average Bonchev–Trinajstić information content (AvgIpc) is 2.68. The van der Waals surface area contributed by atoms with Crippen LogP contribution >= 0.6 is 15.9 Å². The number of nitrogens with zero attached hydrogens (tertiary/aromatic N) is 2. The molecule has 0 atom stereocenters. The Balaban J connectivity index is 2.73. The van der Waals surface area contributed by atoms with E-state index in [4.69, 9.17) is 4.74 Å². The Bertz CT molecular complexity index is 1010. The second-order valence-corrected chi connectivity index (χ2v) is 9.60. The lowest BCUT2D eigenvalue weighted by Gasteiger charge is -2.20. The number of hydrogen-bond donors (Lipinski definition) is 1. The second-order valence-electron chi connectivity index (χ2n) is 6.86. The molecule has 0 spiro atoms. The minimum absolute atomic E-state index is 0.00743. The molecule has 0 aliphatic heterocycles. The molecule has 1 heterocycles. The Morgan fingerprint density at radius 1 is 1.21 bits per heavy atom. The minimum atomic E-state index is -3.66. The Hall–Kier alpha value is -1.71. The van der Waals surface area contributed by atoms with Crippen molar-refractivity contribution in [3.63, 3.8) is 0 Å². The van der Waals surface area contributed by atoms with E-state index in [0.717, 1.165) is 6.42 Å². The maximum Gasteiger partial charge on any atom is 0.265 e. The van der Waals surface area contributed by atoms with Crippen molar-refractivity contribution >= 4 is 26.0 Å². The highest BCUT2D eigenvalue weighted by atomic mass is 79.9. The first-order valence-corrected chi connectivity index (χ1v) is 12.0. The summed E-state index contributed by atoms with van der Waals surface area (Å²) in [6.07, 6.45) is 0.792. The van der Waals surface area contributed by atoms with Gasteiger partial charge >= 0.3 is 0 Å². The predicted molar refractivity (Wildman–Crippen MR) is 118 cm³/mol. The van der Waals surface area contributed by atoms with Crippen LogP contribution in [0.15, 0.2) is 32.4 Å². The molecule has 0 aliphatic carbocycles. The number of halogens is 1. The lowest BCUT2D eigenvalue weighted by atomic mass is 10.1. The molecule has 2 rings (SSSR count). The van der Waals surface area contributed by atoms with Gasteiger partial charge in [0.25, 0.3) is 5.56 Å². The SMILES string of the molecule is CCCOc1ccc(S(=O)(=O)N(CC)CC)cc1-c1nc(C(C)C)c(Br)c(=O)[nH]1. The summed E-state index contributed by atoms with van der Waals surface area (Å²) >= 11 is 3.29. The monoisotopic (exact) mass is 485 g/mol. The normalized spacial score (nSPS) is 12.0. The molecule has 0 fully saturated rings. The van der Waals surface area contributed by atoms with Crippen molar-refractivity contribution in [3.05, 3.63) is 38.7 Å². The summed E-state index contributed by atoms with van der Waals surface area (Å²) in [6.45, 7) is 10.6. The van der Waals surface area contributed by atoms with Crippen molar-refractivity contribution in [1.82, 2.24) is 14.3 Å². The van der Waals surface area contributed by atoms with Gasteiger partial charge in [-0.05, 0) is 46.5 Å². The topological polar surface area (TPSA) is 92.4 Å². The molecule has 1 aromatic carbocycles. The largest absolute Gasteiger partial charge is 0.493 e. The van der Waals surface area contributed by atoms with Gasteiger partial charge in [0.1, 0.15) is 16.0 Å². The Kier molecular flexibility index (Phi) is 8.02.